The Morgan fingerprint density at radius 1 is 1.27 bits per heavy atom. The van der Waals surface area contributed by atoms with Crippen molar-refractivity contribution in [2.24, 2.45) is 0 Å². The molecule has 0 bridgehead atoms. The first kappa shape index (κ1) is 10.2. The molecule has 2 aromatic rings. The Hall–Kier alpha value is -1.28. The number of rotatable bonds is 2. The second-order valence-corrected chi connectivity index (χ2v) is 4.10. The summed E-state index contributed by atoms with van der Waals surface area (Å²) in [7, 11) is 1.95. The van der Waals surface area contributed by atoms with Crippen molar-refractivity contribution >= 4 is 11.0 Å². The standard InChI is InChI=1S/C13H17NO/c1-8-5-6-12-11(7-8)9(2)13(15-12)10(3)14-4/h5-7,10,14H,1-4H3/t10-/m1/s1. The van der Waals surface area contributed by atoms with E-state index in [4.69, 9.17) is 4.42 Å². The molecule has 0 spiro atoms. The molecule has 1 N–H and O–H groups in total. The Morgan fingerprint density at radius 2 is 2.00 bits per heavy atom. The minimum absolute atomic E-state index is 0.262. The zero-order valence-electron chi connectivity index (χ0n) is 9.72. The number of hydrogen-bond donors (Lipinski definition) is 1. The van der Waals surface area contributed by atoms with Crippen molar-refractivity contribution in [2.75, 3.05) is 7.05 Å². The zero-order valence-corrected chi connectivity index (χ0v) is 9.72. The normalized spacial score (nSPS) is 13.3. The summed E-state index contributed by atoms with van der Waals surface area (Å²) in [6.45, 7) is 6.33. The molecule has 15 heavy (non-hydrogen) atoms. The SMILES string of the molecule is CN[C@H](C)c1oc2ccc(C)cc2c1C. The highest BCUT2D eigenvalue weighted by Crippen LogP contribution is 2.29. The van der Waals surface area contributed by atoms with E-state index in [2.05, 4.69) is 38.2 Å². The van der Waals surface area contributed by atoms with E-state index in [-0.39, 0.29) is 6.04 Å². The van der Waals surface area contributed by atoms with Crippen molar-refractivity contribution in [3.63, 3.8) is 0 Å². The van der Waals surface area contributed by atoms with Crippen LogP contribution in [0.4, 0.5) is 0 Å². The molecule has 0 unspecified atom stereocenters. The molecule has 0 saturated carbocycles. The summed E-state index contributed by atoms with van der Waals surface area (Å²) in [5.74, 6) is 1.04. The minimum atomic E-state index is 0.262. The summed E-state index contributed by atoms with van der Waals surface area (Å²) in [6.07, 6.45) is 0. The highest BCUT2D eigenvalue weighted by molar-refractivity contribution is 5.82. The molecule has 0 amide bonds. The van der Waals surface area contributed by atoms with Crippen molar-refractivity contribution < 1.29 is 4.42 Å². The average Bonchev–Trinajstić information content (AvgIpc) is 2.55. The van der Waals surface area contributed by atoms with Crippen LogP contribution in [0.5, 0.6) is 0 Å². The van der Waals surface area contributed by atoms with Crippen molar-refractivity contribution in [1.29, 1.82) is 0 Å². The van der Waals surface area contributed by atoms with Crippen LogP contribution in [0.15, 0.2) is 22.6 Å². The van der Waals surface area contributed by atoms with Gasteiger partial charge >= 0.3 is 0 Å². The summed E-state index contributed by atoms with van der Waals surface area (Å²) in [5.41, 5.74) is 3.50. The molecular weight excluding hydrogens is 186 g/mol. The molecule has 1 heterocycles. The summed E-state index contributed by atoms with van der Waals surface area (Å²) >= 11 is 0. The van der Waals surface area contributed by atoms with E-state index in [1.165, 1.54) is 16.5 Å². The van der Waals surface area contributed by atoms with Gasteiger partial charge in [0.25, 0.3) is 0 Å². The molecule has 80 valence electrons. The van der Waals surface area contributed by atoms with E-state index in [9.17, 15) is 0 Å². The van der Waals surface area contributed by atoms with Crippen molar-refractivity contribution in [1.82, 2.24) is 5.32 Å². The number of fused-ring (bicyclic) bond motifs is 1. The zero-order chi connectivity index (χ0) is 11.0. The van der Waals surface area contributed by atoms with Gasteiger partial charge in [-0.2, -0.15) is 0 Å². The number of aryl methyl sites for hydroxylation is 2. The van der Waals surface area contributed by atoms with Crippen LogP contribution < -0.4 is 5.32 Å². The van der Waals surface area contributed by atoms with Gasteiger partial charge in [-0.05, 0) is 45.5 Å². The summed E-state index contributed by atoms with van der Waals surface area (Å²) < 4.78 is 5.84. The first-order chi connectivity index (χ1) is 7.13. The highest BCUT2D eigenvalue weighted by Gasteiger charge is 2.14. The Morgan fingerprint density at radius 3 is 2.67 bits per heavy atom. The van der Waals surface area contributed by atoms with Crippen LogP contribution in [-0.2, 0) is 0 Å². The molecule has 1 atom stereocenters. The van der Waals surface area contributed by atoms with Crippen LogP contribution in [0.25, 0.3) is 11.0 Å². The maximum atomic E-state index is 5.84. The van der Waals surface area contributed by atoms with Crippen LogP contribution in [0.3, 0.4) is 0 Å². The number of nitrogens with one attached hydrogen (secondary N) is 1. The Kier molecular flexibility index (Phi) is 2.53. The van der Waals surface area contributed by atoms with Gasteiger partial charge in [-0.3, -0.25) is 0 Å². The second-order valence-electron chi connectivity index (χ2n) is 4.10. The minimum Gasteiger partial charge on any atom is -0.459 e. The lowest BCUT2D eigenvalue weighted by Gasteiger charge is -2.06. The van der Waals surface area contributed by atoms with Crippen LogP contribution in [-0.4, -0.2) is 7.05 Å². The van der Waals surface area contributed by atoms with Gasteiger partial charge in [0.05, 0.1) is 6.04 Å². The maximum absolute atomic E-state index is 5.84. The summed E-state index contributed by atoms with van der Waals surface area (Å²) in [5, 5.41) is 4.43. The van der Waals surface area contributed by atoms with E-state index < -0.39 is 0 Å². The second kappa shape index (κ2) is 3.70. The van der Waals surface area contributed by atoms with Gasteiger partial charge in [-0.15, -0.1) is 0 Å². The van der Waals surface area contributed by atoms with Gasteiger partial charge < -0.3 is 9.73 Å². The van der Waals surface area contributed by atoms with E-state index in [0.717, 1.165) is 11.3 Å². The van der Waals surface area contributed by atoms with Gasteiger partial charge in [0.1, 0.15) is 11.3 Å². The summed E-state index contributed by atoms with van der Waals surface area (Å²) in [6, 6.07) is 6.57. The van der Waals surface area contributed by atoms with Gasteiger partial charge in [-0.25, -0.2) is 0 Å². The first-order valence-corrected chi connectivity index (χ1v) is 5.30. The molecule has 2 heteroatoms. The first-order valence-electron chi connectivity index (χ1n) is 5.30. The molecule has 1 aromatic heterocycles. The third-order valence-corrected chi connectivity index (χ3v) is 2.95. The predicted octanol–water partition coefficient (Wildman–Crippen LogP) is 3.33. The maximum Gasteiger partial charge on any atom is 0.134 e. The predicted molar refractivity (Wildman–Crippen MR) is 63.2 cm³/mol. The Balaban J connectivity index is 2.64. The van der Waals surface area contributed by atoms with Gasteiger partial charge in [0.15, 0.2) is 0 Å². The lowest BCUT2D eigenvalue weighted by atomic mass is 10.1. The monoisotopic (exact) mass is 203 g/mol. The fraction of sp³-hybridized carbons (Fsp3) is 0.385. The van der Waals surface area contributed by atoms with Crippen molar-refractivity contribution in [3.05, 3.63) is 35.1 Å². The van der Waals surface area contributed by atoms with Gasteiger partial charge in [0, 0.05) is 5.39 Å². The van der Waals surface area contributed by atoms with Crippen LogP contribution in [0.1, 0.15) is 29.9 Å². The molecule has 0 saturated heterocycles. The molecule has 2 rings (SSSR count). The molecule has 0 aliphatic carbocycles. The van der Waals surface area contributed by atoms with Gasteiger partial charge in [-0.1, -0.05) is 11.6 Å². The van der Waals surface area contributed by atoms with E-state index in [0.29, 0.717) is 0 Å². The Labute approximate surface area is 90.3 Å². The fourth-order valence-corrected chi connectivity index (χ4v) is 1.90. The third kappa shape index (κ3) is 1.65. The number of hydrogen-bond acceptors (Lipinski definition) is 2. The molecule has 0 radical (unpaired) electrons. The van der Waals surface area contributed by atoms with Crippen LogP contribution in [0.2, 0.25) is 0 Å². The highest BCUT2D eigenvalue weighted by atomic mass is 16.3. The van der Waals surface area contributed by atoms with Crippen LogP contribution in [0, 0.1) is 13.8 Å². The Bertz CT molecular complexity index is 484. The largest absolute Gasteiger partial charge is 0.459 e. The van der Waals surface area contributed by atoms with Gasteiger partial charge in [0.2, 0.25) is 0 Å². The molecule has 0 aliphatic heterocycles. The number of benzene rings is 1. The number of furan rings is 1. The van der Waals surface area contributed by atoms with Crippen molar-refractivity contribution in [2.45, 2.75) is 26.8 Å². The molecule has 0 aliphatic rings. The molecule has 0 fully saturated rings. The van der Waals surface area contributed by atoms with Crippen molar-refractivity contribution in [3.8, 4) is 0 Å². The van der Waals surface area contributed by atoms with E-state index >= 15 is 0 Å². The fourth-order valence-electron chi connectivity index (χ4n) is 1.90. The smallest absolute Gasteiger partial charge is 0.134 e. The third-order valence-electron chi connectivity index (χ3n) is 2.95. The molecule has 2 nitrogen and oxygen atoms in total. The average molecular weight is 203 g/mol. The quantitative estimate of drug-likeness (QED) is 0.809. The lowest BCUT2D eigenvalue weighted by molar-refractivity contribution is 0.471. The van der Waals surface area contributed by atoms with E-state index in [1.54, 1.807) is 0 Å². The molecular formula is C13H17NO. The molecule has 1 aromatic carbocycles. The van der Waals surface area contributed by atoms with Crippen LogP contribution >= 0.6 is 0 Å². The topological polar surface area (TPSA) is 25.2 Å². The van der Waals surface area contributed by atoms with E-state index in [1.807, 2.05) is 13.1 Å². The lowest BCUT2D eigenvalue weighted by Crippen LogP contribution is -2.12. The summed E-state index contributed by atoms with van der Waals surface area (Å²) in [4.78, 5) is 0.